The van der Waals surface area contributed by atoms with Gasteiger partial charge < -0.3 is 15.8 Å². The van der Waals surface area contributed by atoms with E-state index in [2.05, 4.69) is 5.32 Å². The van der Waals surface area contributed by atoms with Gasteiger partial charge in [0.15, 0.2) is 0 Å². The first-order valence-corrected chi connectivity index (χ1v) is 8.85. The van der Waals surface area contributed by atoms with Gasteiger partial charge in [-0.2, -0.15) is 0 Å². The summed E-state index contributed by atoms with van der Waals surface area (Å²) in [6.07, 6.45) is 4.59. The van der Waals surface area contributed by atoms with Gasteiger partial charge in [-0.15, -0.1) is 0 Å². The molecule has 1 saturated heterocycles. The summed E-state index contributed by atoms with van der Waals surface area (Å²) in [4.78, 5) is 24.4. The molecule has 2 fully saturated rings. The van der Waals surface area contributed by atoms with Gasteiger partial charge >= 0.3 is 0 Å². The van der Waals surface area contributed by atoms with Crippen molar-refractivity contribution in [2.24, 2.45) is 11.7 Å². The van der Waals surface area contributed by atoms with E-state index in [1.54, 1.807) is 0 Å². The molecular formula is C19H26N2O3. The standard InChI is InChI=1S/C19H26N2O3/c20-17(22)14-6-8-16(9-7-14)21-18(23)19(10-12-24-13-11-19)15-4-2-1-3-5-15/h1-5,14,16H,6-13H2,(H2,20,22)(H,21,23). The number of carbonyl (C=O) groups is 2. The molecule has 0 aromatic heterocycles. The van der Waals surface area contributed by atoms with Crippen molar-refractivity contribution < 1.29 is 14.3 Å². The summed E-state index contributed by atoms with van der Waals surface area (Å²) >= 11 is 0. The molecule has 0 spiro atoms. The Hall–Kier alpha value is -1.88. The van der Waals surface area contributed by atoms with Crippen LogP contribution in [0.25, 0.3) is 0 Å². The van der Waals surface area contributed by atoms with E-state index in [4.69, 9.17) is 10.5 Å². The lowest BCUT2D eigenvalue weighted by Gasteiger charge is -2.38. The van der Waals surface area contributed by atoms with Crippen LogP contribution in [0, 0.1) is 5.92 Å². The van der Waals surface area contributed by atoms with E-state index in [1.165, 1.54) is 0 Å². The molecule has 2 amide bonds. The van der Waals surface area contributed by atoms with Crippen LogP contribution in [0.5, 0.6) is 0 Å². The average molecular weight is 330 g/mol. The minimum absolute atomic E-state index is 0.0377. The second-order valence-corrected chi connectivity index (χ2v) is 6.98. The zero-order valence-corrected chi connectivity index (χ0v) is 14.0. The maximum Gasteiger partial charge on any atom is 0.231 e. The molecule has 1 aromatic carbocycles. The first kappa shape index (κ1) is 17.0. The molecule has 3 rings (SSSR count). The third-order valence-corrected chi connectivity index (χ3v) is 5.57. The molecule has 1 aromatic rings. The van der Waals surface area contributed by atoms with Gasteiger partial charge in [0.1, 0.15) is 0 Å². The van der Waals surface area contributed by atoms with Gasteiger partial charge in [-0.05, 0) is 44.1 Å². The van der Waals surface area contributed by atoms with Crippen LogP contribution in [0.4, 0.5) is 0 Å². The first-order chi connectivity index (χ1) is 11.6. The predicted molar refractivity (Wildman–Crippen MR) is 91.3 cm³/mol. The molecule has 0 unspecified atom stereocenters. The van der Waals surface area contributed by atoms with Gasteiger partial charge in [-0.25, -0.2) is 0 Å². The van der Waals surface area contributed by atoms with E-state index in [0.717, 1.165) is 31.2 Å². The Balaban J connectivity index is 1.70. The lowest BCUT2D eigenvalue weighted by molar-refractivity contribution is -0.131. The van der Waals surface area contributed by atoms with E-state index >= 15 is 0 Å². The van der Waals surface area contributed by atoms with Gasteiger partial charge in [0, 0.05) is 25.2 Å². The fourth-order valence-electron chi connectivity index (χ4n) is 3.97. The van der Waals surface area contributed by atoms with Crippen LogP contribution in [-0.4, -0.2) is 31.1 Å². The largest absolute Gasteiger partial charge is 0.381 e. The molecule has 1 aliphatic carbocycles. The molecule has 3 N–H and O–H groups in total. The summed E-state index contributed by atoms with van der Waals surface area (Å²) in [5.74, 6) is -0.159. The van der Waals surface area contributed by atoms with E-state index in [0.29, 0.717) is 26.1 Å². The molecule has 2 aliphatic rings. The summed E-state index contributed by atoms with van der Waals surface area (Å²) in [7, 11) is 0. The fourth-order valence-corrected chi connectivity index (χ4v) is 3.97. The van der Waals surface area contributed by atoms with E-state index in [-0.39, 0.29) is 23.8 Å². The van der Waals surface area contributed by atoms with E-state index in [1.807, 2.05) is 30.3 Å². The lowest BCUT2D eigenvalue weighted by atomic mass is 9.73. The van der Waals surface area contributed by atoms with Gasteiger partial charge in [0.2, 0.25) is 11.8 Å². The van der Waals surface area contributed by atoms with Crippen LogP contribution < -0.4 is 11.1 Å². The number of nitrogens with one attached hydrogen (secondary N) is 1. The Kier molecular flexibility index (Phi) is 5.19. The normalized spacial score (nSPS) is 26.5. The van der Waals surface area contributed by atoms with Crippen molar-refractivity contribution in [1.82, 2.24) is 5.32 Å². The van der Waals surface area contributed by atoms with Crippen molar-refractivity contribution in [3.8, 4) is 0 Å². The number of nitrogens with two attached hydrogens (primary N) is 1. The number of hydrogen-bond donors (Lipinski definition) is 2. The highest BCUT2D eigenvalue weighted by Crippen LogP contribution is 2.36. The summed E-state index contributed by atoms with van der Waals surface area (Å²) in [5.41, 5.74) is 5.95. The smallest absolute Gasteiger partial charge is 0.231 e. The lowest BCUT2D eigenvalue weighted by Crippen LogP contribution is -2.51. The minimum Gasteiger partial charge on any atom is -0.381 e. The van der Waals surface area contributed by atoms with E-state index < -0.39 is 5.41 Å². The number of rotatable bonds is 4. The summed E-state index contributed by atoms with van der Waals surface area (Å²) in [5, 5.41) is 3.24. The molecule has 1 heterocycles. The monoisotopic (exact) mass is 330 g/mol. The number of ether oxygens (including phenoxy) is 1. The second kappa shape index (κ2) is 7.34. The molecule has 24 heavy (non-hydrogen) atoms. The van der Waals surface area contributed by atoms with Crippen LogP contribution in [0.3, 0.4) is 0 Å². The number of primary amides is 1. The first-order valence-electron chi connectivity index (χ1n) is 8.85. The number of amides is 2. The van der Waals surface area contributed by atoms with Crippen molar-refractivity contribution >= 4 is 11.8 Å². The van der Waals surface area contributed by atoms with Crippen LogP contribution in [-0.2, 0) is 19.7 Å². The average Bonchev–Trinajstić information content (AvgIpc) is 2.63. The van der Waals surface area contributed by atoms with Crippen molar-refractivity contribution in [3.63, 3.8) is 0 Å². The maximum atomic E-state index is 13.1. The van der Waals surface area contributed by atoms with Gasteiger partial charge in [-0.3, -0.25) is 9.59 Å². The molecule has 0 atom stereocenters. The molecule has 0 radical (unpaired) electrons. The molecule has 1 aliphatic heterocycles. The van der Waals surface area contributed by atoms with Crippen molar-refractivity contribution in [3.05, 3.63) is 35.9 Å². The number of carbonyl (C=O) groups excluding carboxylic acids is 2. The third kappa shape index (κ3) is 3.46. The second-order valence-electron chi connectivity index (χ2n) is 6.98. The van der Waals surface area contributed by atoms with Gasteiger partial charge in [-0.1, -0.05) is 30.3 Å². The van der Waals surface area contributed by atoms with Crippen molar-refractivity contribution in [1.29, 1.82) is 0 Å². The van der Waals surface area contributed by atoms with E-state index in [9.17, 15) is 9.59 Å². The van der Waals surface area contributed by atoms with Crippen LogP contribution >= 0.6 is 0 Å². The van der Waals surface area contributed by atoms with Crippen molar-refractivity contribution in [2.45, 2.75) is 50.0 Å². The SMILES string of the molecule is NC(=O)C1CCC(NC(=O)C2(c3ccccc3)CCOCC2)CC1. The topological polar surface area (TPSA) is 81.4 Å². The third-order valence-electron chi connectivity index (χ3n) is 5.57. The highest BCUT2D eigenvalue weighted by Gasteiger charge is 2.42. The number of hydrogen-bond acceptors (Lipinski definition) is 3. The van der Waals surface area contributed by atoms with Crippen LogP contribution in [0.1, 0.15) is 44.1 Å². The van der Waals surface area contributed by atoms with Crippen molar-refractivity contribution in [2.75, 3.05) is 13.2 Å². The fraction of sp³-hybridized carbons (Fsp3) is 0.579. The van der Waals surface area contributed by atoms with Gasteiger partial charge in [0.25, 0.3) is 0 Å². The maximum absolute atomic E-state index is 13.1. The summed E-state index contributed by atoms with van der Waals surface area (Å²) in [6, 6.07) is 10.1. The molecule has 5 heteroatoms. The highest BCUT2D eigenvalue weighted by atomic mass is 16.5. The number of benzene rings is 1. The molecule has 1 saturated carbocycles. The molecule has 5 nitrogen and oxygen atoms in total. The Morgan fingerprint density at radius 2 is 1.67 bits per heavy atom. The predicted octanol–water partition coefficient (Wildman–Crippen LogP) is 1.90. The molecular weight excluding hydrogens is 304 g/mol. The van der Waals surface area contributed by atoms with Gasteiger partial charge in [0.05, 0.1) is 5.41 Å². The Bertz CT molecular complexity index is 574. The molecule has 0 bridgehead atoms. The molecule has 130 valence electrons. The minimum atomic E-state index is -0.500. The Morgan fingerprint density at radius 3 is 2.25 bits per heavy atom. The summed E-state index contributed by atoms with van der Waals surface area (Å²) < 4.78 is 5.50. The van der Waals surface area contributed by atoms with Crippen LogP contribution in [0.15, 0.2) is 30.3 Å². The zero-order valence-electron chi connectivity index (χ0n) is 14.0. The Morgan fingerprint density at radius 1 is 1.04 bits per heavy atom. The highest BCUT2D eigenvalue weighted by molar-refractivity contribution is 5.88. The quantitative estimate of drug-likeness (QED) is 0.884. The summed E-state index contributed by atoms with van der Waals surface area (Å²) in [6.45, 7) is 1.22. The zero-order chi connectivity index (χ0) is 17.0. The Labute approximate surface area is 142 Å². The van der Waals surface area contributed by atoms with Crippen LogP contribution in [0.2, 0.25) is 0 Å².